The van der Waals surface area contributed by atoms with E-state index < -0.39 is 28.0 Å². The fourth-order valence-corrected chi connectivity index (χ4v) is 4.94. The summed E-state index contributed by atoms with van der Waals surface area (Å²) in [6.45, 7) is 4.81. The minimum Gasteiger partial charge on any atom is -0.468 e. The molecule has 10 nitrogen and oxygen atoms in total. The van der Waals surface area contributed by atoms with Crippen molar-refractivity contribution in [3.63, 3.8) is 0 Å². The van der Waals surface area contributed by atoms with Crippen molar-refractivity contribution >= 4 is 29.4 Å². The summed E-state index contributed by atoms with van der Waals surface area (Å²) in [6, 6.07) is 12.5. The molecular weight excluding hydrogens is 466 g/mol. The molecule has 1 atom stereocenters. The highest BCUT2D eigenvalue weighted by molar-refractivity contribution is 5.75. The van der Waals surface area contributed by atoms with Crippen molar-refractivity contribution in [3.05, 3.63) is 69.8 Å². The lowest BCUT2D eigenvalue weighted by atomic mass is 9.76. The van der Waals surface area contributed by atoms with E-state index in [4.69, 9.17) is 14.2 Å². The second-order valence-electron chi connectivity index (χ2n) is 9.27. The number of nitrogens with zero attached hydrogens (tertiary/aromatic N) is 3. The van der Waals surface area contributed by atoms with Crippen LogP contribution in [0.3, 0.4) is 0 Å². The molecule has 2 aliphatic rings. The number of fused-ring (bicyclic) bond motifs is 2. The van der Waals surface area contributed by atoms with Crippen LogP contribution in [0.4, 0.5) is 11.4 Å². The number of ether oxygens (including phenoxy) is 3. The van der Waals surface area contributed by atoms with Crippen LogP contribution in [0.25, 0.3) is 6.08 Å². The number of non-ortho nitro benzene ring substituents is 1. The Kier molecular flexibility index (Phi) is 6.73. The summed E-state index contributed by atoms with van der Waals surface area (Å²) in [4.78, 5) is 38.6. The van der Waals surface area contributed by atoms with Gasteiger partial charge in [0.2, 0.25) is 5.72 Å². The quantitative estimate of drug-likeness (QED) is 0.310. The van der Waals surface area contributed by atoms with E-state index in [9.17, 15) is 19.7 Å². The minimum atomic E-state index is -0.942. The number of esters is 2. The molecule has 1 unspecified atom stereocenters. The van der Waals surface area contributed by atoms with Gasteiger partial charge in [0.1, 0.15) is 5.75 Å². The molecule has 0 amide bonds. The number of rotatable bonds is 8. The second kappa shape index (κ2) is 9.62. The van der Waals surface area contributed by atoms with Gasteiger partial charge in [0.15, 0.2) is 0 Å². The zero-order chi connectivity index (χ0) is 26.1. The molecule has 190 valence electrons. The van der Waals surface area contributed by atoms with Gasteiger partial charge in [0, 0.05) is 36.5 Å². The molecule has 0 saturated carbocycles. The molecule has 0 radical (unpaired) electrons. The van der Waals surface area contributed by atoms with Gasteiger partial charge >= 0.3 is 11.9 Å². The van der Waals surface area contributed by atoms with Gasteiger partial charge in [-0.25, -0.2) is 0 Å². The van der Waals surface area contributed by atoms with Crippen LogP contribution < -0.4 is 9.64 Å². The third-order valence-corrected chi connectivity index (χ3v) is 6.92. The Hall–Kier alpha value is -3.92. The lowest BCUT2D eigenvalue weighted by Crippen LogP contribution is -2.60. The summed E-state index contributed by atoms with van der Waals surface area (Å²) in [5.41, 5.74) is 1.21. The van der Waals surface area contributed by atoms with Gasteiger partial charge in [-0.05, 0) is 43.7 Å². The normalized spacial score (nSPS) is 19.0. The van der Waals surface area contributed by atoms with Gasteiger partial charge in [0.25, 0.3) is 5.69 Å². The van der Waals surface area contributed by atoms with Crippen molar-refractivity contribution < 1.29 is 28.7 Å². The van der Waals surface area contributed by atoms with E-state index >= 15 is 0 Å². The average molecular weight is 496 g/mol. The van der Waals surface area contributed by atoms with E-state index in [1.165, 1.54) is 26.4 Å². The zero-order valence-electron chi connectivity index (χ0n) is 20.7. The number of nitro benzene ring substituents is 1. The smallest absolute Gasteiger partial charge is 0.319 e. The number of methoxy groups -OCH3 is 2. The summed E-state index contributed by atoms with van der Waals surface area (Å²) in [5, 5.41) is 11.2. The molecule has 2 aromatic carbocycles. The fraction of sp³-hybridized carbons (Fsp3) is 0.385. The van der Waals surface area contributed by atoms with Crippen molar-refractivity contribution in [1.29, 1.82) is 0 Å². The van der Waals surface area contributed by atoms with Crippen molar-refractivity contribution in [1.82, 2.24) is 4.90 Å². The Morgan fingerprint density at radius 2 is 1.75 bits per heavy atom. The minimum absolute atomic E-state index is 0.00923. The van der Waals surface area contributed by atoms with Gasteiger partial charge in [-0.15, -0.1) is 0 Å². The van der Waals surface area contributed by atoms with E-state index in [2.05, 4.69) is 24.8 Å². The number of hydrogen-bond acceptors (Lipinski definition) is 9. The van der Waals surface area contributed by atoms with E-state index in [-0.39, 0.29) is 18.8 Å². The van der Waals surface area contributed by atoms with Crippen LogP contribution in [0.2, 0.25) is 0 Å². The summed E-state index contributed by atoms with van der Waals surface area (Å²) in [5.74, 6) is -0.379. The Morgan fingerprint density at radius 3 is 2.39 bits per heavy atom. The number of nitro groups is 1. The largest absolute Gasteiger partial charge is 0.468 e. The Bertz CT molecular complexity index is 1210. The SMILES string of the molecule is COC(=O)CN(CCN1c2ccccc2C(C)(C)C12C=Cc1cc([N+](=O)[O-])ccc1O2)CC(=O)OC. The first-order valence-corrected chi connectivity index (χ1v) is 11.5. The maximum absolute atomic E-state index is 12.0. The molecule has 0 fully saturated rings. The molecular formula is C26H29N3O7. The summed E-state index contributed by atoms with van der Waals surface area (Å²) >= 11 is 0. The molecule has 0 aromatic heterocycles. The standard InChI is InChI=1S/C26H29N3O7/c1-25(2)20-7-5-6-8-21(20)28(14-13-27(16-23(30)34-3)17-24(31)35-4)26(25)12-11-18-15-19(29(32)33)9-10-22(18)36-26/h5-12,15H,13-14,16-17H2,1-4H3. The number of carbonyl (C=O) groups excluding carboxylic acids is 2. The first-order chi connectivity index (χ1) is 17.1. The fourth-order valence-electron chi connectivity index (χ4n) is 4.94. The van der Waals surface area contributed by atoms with Gasteiger partial charge in [-0.1, -0.05) is 18.2 Å². The maximum Gasteiger partial charge on any atom is 0.319 e. The second-order valence-corrected chi connectivity index (χ2v) is 9.27. The Labute approximate surface area is 209 Å². The lowest BCUT2D eigenvalue weighted by Gasteiger charge is -2.47. The van der Waals surface area contributed by atoms with Crippen LogP contribution in [0.15, 0.2) is 48.5 Å². The van der Waals surface area contributed by atoms with Crippen molar-refractivity contribution in [2.45, 2.75) is 25.0 Å². The predicted octanol–water partition coefficient (Wildman–Crippen LogP) is 3.14. The molecule has 36 heavy (non-hydrogen) atoms. The predicted molar refractivity (Wildman–Crippen MR) is 133 cm³/mol. The third-order valence-electron chi connectivity index (χ3n) is 6.92. The first kappa shape index (κ1) is 25.2. The zero-order valence-corrected chi connectivity index (χ0v) is 20.7. The molecule has 2 aliphatic heterocycles. The van der Waals surface area contributed by atoms with Crippen LogP contribution >= 0.6 is 0 Å². The number of para-hydroxylation sites is 1. The number of carbonyl (C=O) groups is 2. The Balaban J connectivity index is 1.70. The van der Waals surface area contributed by atoms with Crippen LogP contribution in [0.1, 0.15) is 25.0 Å². The van der Waals surface area contributed by atoms with Crippen molar-refractivity contribution in [2.24, 2.45) is 0 Å². The summed E-state index contributed by atoms with van der Waals surface area (Å²) in [7, 11) is 2.60. The van der Waals surface area contributed by atoms with Crippen LogP contribution in [-0.2, 0) is 24.5 Å². The summed E-state index contributed by atoms with van der Waals surface area (Å²) in [6.07, 6.45) is 3.79. The Morgan fingerprint density at radius 1 is 1.08 bits per heavy atom. The first-order valence-electron chi connectivity index (χ1n) is 11.5. The number of benzene rings is 2. The molecule has 2 heterocycles. The topological polar surface area (TPSA) is 111 Å². The molecule has 0 saturated heterocycles. The number of hydrogen-bond donors (Lipinski definition) is 0. The van der Waals surface area contributed by atoms with Crippen molar-refractivity contribution in [3.8, 4) is 5.75 Å². The molecule has 2 aromatic rings. The molecule has 10 heteroatoms. The van der Waals surface area contributed by atoms with Gasteiger partial charge in [-0.2, -0.15) is 0 Å². The summed E-state index contributed by atoms with van der Waals surface area (Å²) < 4.78 is 16.3. The van der Waals surface area contributed by atoms with E-state index in [0.717, 1.165) is 11.3 Å². The van der Waals surface area contributed by atoms with Gasteiger partial charge < -0.3 is 19.1 Å². The highest BCUT2D eigenvalue weighted by Crippen LogP contribution is 2.54. The third kappa shape index (κ3) is 4.28. The van der Waals surface area contributed by atoms with Crippen molar-refractivity contribution in [2.75, 3.05) is 45.3 Å². The lowest BCUT2D eigenvalue weighted by molar-refractivity contribution is -0.384. The number of anilines is 1. The molecule has 1 spiro atoms. The van der Waals surface area contributed by atoms with Gasteiger partial charge in [0.05, 0.1) is 37.6 Å². The maximum atomic E-state index is 12.0. The van der Waals surface area contributed by atoms with Crippen LogP contribution in [-0.4, -0.2) is 67.9 Å². The molecule has 0 aliphatic carbocycles. The highest BCUT2D eigenvalue weighted by atomic mass is 16.6. The van der Waals surface area contributed by atoms with E-state index in [0.29, 0.717) is 24.4 Å². The highest BCUT2D eigenvalue weighted by Gasteiger charge is 2.58. The van der Waals surface area contributed by atoms with Crippen LogP contribution in [0, 0.1) is 10.1 Å². The van der Waals surface area contributed by atoms with E-state index in [1.54, 1.807) is 11.0 Å². The monoisotopic (exact) mass is 495 g/mol. The average Bonchev–Trinajstić information content (AvgIpc) is 3.04. The molecule has 0 bridgehead atoms. The molecule has 0 N–H and O–H groups in total. The van der Waals surface area contributed by atoms with Crippen LogP contribution in [0.5, 0.6) is 5.75 Å². The van der Waals surface area contributed by atoms with E-state index in [1.807, 2.05) is 30.4 Å². The van der Waals surface area contributed by atoms with Gasteiger partial charge in [-0.3, -0.25) is 24.6 Å². The molecule has 4 rings (SSSR count).